The number of nitrogens with one attached hydrogen (secondary N) is 1. The number of carboxylic acids is 1. The summed E-state index contributed by atoms with van der Waals surface area (Å²) in [6.45, 7) is 0. The number of rotatable bonds is 3. The summed E-state index contributed by atoms with van der Waals surface area (Å²) in [5.41, 5.74) is 3.25. The van der Waals surface area contributed by atoms with Crippen LogP contribution in [0.1, 0.15) is 20.0 Å². The number of hydrazone groups is 1. The third kappa shape index (κ3) is 2.30. The Bertz CT molecular complexity index is 739. The van der Waals surface area contributed by atoms with Gasteiger partial charge in [-0.15, -0.1) is 0 Å². The molecule has 100 valence electrons. The smallest absolute Gasteiger partial charge is 0.347 e. The third-order valence-electron chi connectivity index (χ3n) is 2.50. The lowest BCUT2D eigenvalue weighted by Crippen LogP contribution is -2.06. The normalized spacial score (nSPS) is 15.4. The van der Waals surface area contributed by atoms with E-state index in [1.54, 1.807) is 12.1 Å². The summed E-state index contributed by atoms with van der Waals surface area (Å²) >= 11 is 2.24. The maximum Gasteiger partial charge on any atom is 0.347 e. The summed E-state index contributed by atoms with van der Waals surface area (Å²) in [7, 11) is 0. The van der Waals surface area contributed by atoms with Gasteiger partial charge in [0.15, 0.2) is 5.04 Å². The average Bonchev–Trinajstić information content (AvgIpc) is 3.03. The molecule has 1 aliphatic rings. The summed E-state index contributed by atoms with van der Waals surface area (Å²) in [6, 6.07) is 7.26. The minimum Gasteiger partial charge on any atom is -0.477 e. The van der Waals surface area contributed by atoms with Crippen LogP contribution in [0.3, 0.4) is 0 Å². The molecule has 1 aliphatic heterocycles. The molecule has 1 aromatic carbocycles. The van der Waals surface area contributed by atoms with Crippen LogP contribution in [0.5, 0.6) is 0 Å². The van der Waals surface area contributed by atoms with Gasteiger partial charge in [-0.1, -0.05) is 35.2 Å². The van der Waals surface area contributed by atoms with E-state index in [1.165, 1.54) is 18.0 Å². The van der Waals surface area contributed by atoms with Crippen molar-refractivity contribution >= 4 is 45.0 Å². The van der Waals surface area contributed by atoms with E-state index < -0.39 is 5.97 Å². The molecular weight excluding hydrogens is 298 g/mol. The number of carbonyl (C=O) groups is 2. The number of hydrogen-bond donors (Lipinski definition) is 2. The number of Topliss-reactive ketones (excluding diaryl/α,β-unsaturated/α-hetero) is 1. The molecule has 2 aromatic rings. The van der Waals surface area contributed by atoms with E-state index in [9.17, 15) is 9.59 Å². The SMILES string of the molecule is O=C(O)c1cnc(NN=C2Sc3ccccc3C2=O)s1. The summed E-state index contributed by atoms with van der Waals surface area (Å²) < 4.78 is 0. The van der Waals surface area contributed by atoms with E-state index in [1.807, 2.05) is 12.1 Å². The van der Waals surface area contributed by atoms with Crippen LogP contribution in [0.15, 0.2) is 40.5 Å². The first-order valence-electron chi connectivity index (χ1n) is 5.49. The largest absolute Gasteiger partial charge is 0.477 e. The summed E-state index contributed by atoms with van der Waals surface area (Å²) in [5, 5.41) is 13.4. The molecule has 1 aromatic heterocycles. The van der Waals surface area contributed by atoms with Gasteiger partial charge in [-0.25, -0.2) is 9.78 Å². The van der Waals surface area contributed by atoms with Gasteiger partial charge < -0.3 is 5.11 Å². The molecule has 6 nitrogen and oxygen atoms in total. The molecule has 0 fully saturated rings. The second-order valence-corrected chi connectivity index (χ2v) is 5.85. The van der Waals surface area contributed by atoms with E-state index in [0.29, 0.717) is 15.7 Å². The lowest BCUT2D eigenvalue weighted by atomic mass is 10.1. The van der Waals surface area contributed by atoms with Gasteiger partial charge in [0.25, 0.3) is 0 Å². The van der Waals surface area contributed by atoms with Crippen molar-refractivity contribution in [3.8, 4) is 0 Å². The van der Waals surface area contributed by atoms with Crippen molar-refractivity contribution in [1.29, 1.82) is 0 Å². The van der Waals surface area contributed by atoms with Crippen LogP contribution in [0.4, 0.5) is 5.13 Å². The quantitative estimate of drug-likeness (QED) is 0.847. The fourth-order valence-electron chi connectivity index (χ4n) is 1.61. The molecular formula is C12H7N3O3S2. The van der Waals surface area contributed by atoms with Gasteiger partial charge in [0.2, 0.25) is 10.9 Å². The number of ketones is 1. The minimum absolute atomic E-state index is 0.112. The average molecular weight is 305 g/mol. The molecule has 0 aliphatic carbocycles. The Morgan fingerprint density at radius 3 is 2.85 bits per heavy atom. The van der Waals surface area contributed by atoms with E-state index in [4.69, 9.17) is 5.11 Å². The Hall–Kier alpha value is -2.19. The van der Waals surface area contributed by atoms with Crippen molar-refractivity contribution in [2.75, 3.05) is 5.43 Å². The molecule has 2 heterocycles. The zero-order valence-corrected chi connectivity index (χ0v) is 11.5. The van der Waals surface area contributed by atoms with Crippen LogP contribution in [-0.2, 0) is 0 Å². The summed E-state index contributed by atoms with van der Waals surface area (Å²) in [4.78, 5) is 27.6. The van der Waals surface area contributed by atoms with Crippen LogP contribution in [-0.4, -0.2) is 26.9 Å². The minimum atomic E-state index is -1.04. The highest BCUT2D eigenvalue weighted by atomic mass is 32.2. The zero-order valence-electron chi connectivity index (χ0n) is 9.86. The molecule has 0 atom stereocenters. The molecule has 0 saturated carbocycles. The number of fused-ring (bicyclic) bond motifs is 1. The van der Waals surface area contributed by atoms with Gasteiger partial charge in [-0.05, 0) is 12.1 Å². The molecule has 0 unspecified atom stereocenters. The zero-order chi connectivity index (χ0) is 14.1. The Labute approximate surface area is 121 Å². The van der Waals surface area contributed by atoms with Crippen molar-refractivity contribution in [1.82, 2.24) is 4.98 Å². The van der Waals surface area contributed by atoms with Crippen LogP contribution in [0, 0.1) is 0 Å². The van der Waals surface area contributed by atoms with Gasteiger partial charge >= 0.3 is 5.97 Å². The highest BCUT2D eigenvalue weighted by Crippen LogP contribution is 2.33. The molecule has 3 rings (SSSR count). The molecule has 8 heteroatoms. The monoisotopic (exact) mass is 305 g/mol. The number of nitrogens with zero attached hydrogens (tertiary/aromatic N) is 2. The molecule has 2 N–H and O–H groups in total. The van der Waals surface area contributed by atoms with Gasteiger partial charge in [-0.2, -0.15) is 5.10 Å². The Morgan fingerprint density at radius 1 is 1.35 bits per heavy atom. The number of benzene rings is 1. The number of carbonyl (C=O) groups excluding carboxylic acids is 1. The van der Waals surface area contributed by atoms with E-state index in [2.05, 4.69) is 15.5 Å². The van der Waals surface area contributed by atoms with Gasteiger partial charge in [0.05, 0.1) is 6.20 Å². The molecule has 0 radical (unpaired) electrons. The number of thioether (sulfide) groups is 1. The predicted molar refractivity (Wildman–Crippen MR) is 76.8 cm³/mol. The van der Waals surface area contributed by atoms with E-state index >= 15 is 0 Å². The van der Waals surface area contributed by atoms with Crippen molar-refractivity contribution < 1.29 is 14.7 Å². The second kappa shape index (κ2) is 5.06. The number of carboxylic acid groups (broad SMARTS) is 1. The van der Waals surface area contributed by atoms with Crippen molar-refractivity contribution in [2.24, 2.45) is 5.10 Å². The van der Waals surface area contributed by atoms with E-state index in [-0.39, 0.29) is 10.7 Å². The number of hydrogen-bond acceptors (Lipinski definition) is 7. The maximum atomic E-state index is 12.0. The summed E-state index contributed by atoms with van der Waals surface area (Å²) in [5.74, 6) is -1.19. The molecule has 0 amide bonds. The number of thiazole rings is 1. The molecule has 0 bridgehead atoms. The Kier molecular flexibility index (Phi) is 3.25. The first-order chi connectivity index (χ1) is 9.65. The van der Waals surface area contributed by atoms with Crippen LogP contribution < -0.4 is 5.43 Å². The lowest BCUT2D eigenvalue weighted by Gasteiger charge is -1.94. The number of aromatic carboxylic acids is 1. The summed E-state index contributed by atoms with van der Waals surface area (Å²) in [6.07, 6.45) is 1.24. The standard InChI is InChI=1S/C12H7N3O3S2/c16-9-6-3-1-2-4-7(6)19-10(9)14-15-12-13-5-8(20-12)11(17)18/h1-5H,(H,13,15)(H,17,18). The van der Waals surface area contributed by atoms with E-state index in [0.717, 1.165) is 16.2 Å². The van der Waals surface area contributed by atoms with Crippen LogP contribution in [0.25, 0.3) is 0 Å². The van der Waals surface area contributed by atoms with Crippen LogP contribution in [0.2, 0.25) is 0 Å². The topological polar surface area (TPSA) is 91.7 Å². The molecule has 0 saturated heterocycles. The predicted octanol–water partition coefficient (Wildman–Crippen LogP) is 2.56. The first-order valence-corrected chi connectivity index (χ1v) is 7.13. The maximum absolute atomic E-state index is 12.0. The van der Waals surface area contributed by atoms with Crippen molar-refractivity contribution in [2.45, 2.75) is 4.90 Å². The van der Waals surface area contributed by atoms with Gasteiger partial charge in [-0.3, -0.25) is 10.2 Å². The Morgan fingerprint density at radius 2 is 2.15 bits per heavy atom. The van der Waals surface area contributed by atoms with Crippen molar-refractivity contribution in [3.63, 3.8) is 0 Å². The molecule has 0 spiro atoms. The first kappa shape index (κ1) is 12.8. The molecule has 20 heavy (non-hydrogen) atoms. The number of anilines is 1. The highest BCUT2D eigenvalue weighted by molar-refractivity contribution is 8.16. The Balaban J connectivity index is 1.78. The fourth-order valence-corrected chi connectivity index (χ4v) is 3.12. The lowest BCUT2D eigenvalue weighted by molar-refractivity contribution is 0.0701. The number of aromatic nitrogens is 1. The third-order valence-corrected chi connectivity index (χ3v) is 4.44. The van der Waals surface area contributed by atoms with Crippen LogP contribution >= 0.6 is 23.1 Å². The fraction of sp³-hybridized carbons (Fsp3) is 0. The van der Waals surface area contributed by atoms with Crippen molar-refractivity contribution in [3.05, 3.63) is 40.9 Å². The van der Waals surface area contributed by atoms with Gasteiger partial charge in [0, 0.05) is 10.5 Å². The van der Waals surface area contributed by atoms with Gasteiger partial charge in [0.1, 0.15) is 4.88 Å². The second-order valence-electron chi connectivity index (χ2n) is 3.79. The highest BCUT2D eigenvalue weighted by Gasteiger charge is 2.27.